The van der Waals surface area contributed by atoms with Crippen molar-refractivity contribution in [3.8, 4) is 0 Å². The molecule has 0 aliphatic heterocycles. The Hall–Kier alpha value is -1.84. The van der Waals surface area contributed by atoms with E-state index in [1.807, 2.05) is 0 Å². The van der Waals surface area contributed by atoms with Crippen LogP contribution in [0.15, 0.2) is 24.3 Å². The third-order valence-electron chi connectivity index (χ3n) is 4.98. The smallest absolute Gasteiger partial charge is 0.339 e. The van der Waals surface area contributed by atoms with Gasteiger partial charge in [0, 0.05) is 0 Å². The van der Waals surface area contributed by atoms with E-state index in [1.54, 1.807) is 24.3 Å². The van der Waals surface area contributed by atoms with E-state index in [1.165, 1.54) is 0 Å². The van der Waals surface area contributed by atoms with Crippen LogP contribution in [0.1, 0.15) is 102 Å². The maximum Gasteiger partial charge on any atom is 0.339 e. The minimum atomic E-state index is -0.466. The molecule has 0 amide bonds. The van der Waals surface area contributed by atoms with Crippen molar-refractivity contribution in [1.29, 1.82) is 0 Å². The van der Waals surface area contributed by atoms with Crippen LogP contribution in [-0.2, 0) is 9.47 Å². The second-order valence-electron chi connectivity index (χ2n) is 11.1. The van der Waals surface area contributed by atoms with Gasteiger partial charge in [-0.1, -0.05) is 67.5 Å². The molecule has 0 saturated carbocycles. The molecule has 4 heteroatoms. The van der Waals surface area contributed by atoms with Crippen molar-refractivity contribution >= 4 is 11.9 Å². The second kappa shape index (κ2) is 11.5. The second-order valence-corrected chi connectivity index (χ2v) is 11.1. The molecule has 0 bridgehead atoms. The molecule has 0 aliphatic rings. The van der Waals surface area contributed by atoms with Crippen LogP contribution in [0, 0.1) is 22.7 Å². The summed E-state index contributed by atoms with van der Waals surface area (Å²) in [6, 6.07) is 6.72. The van der Waals surface area contributed by atoms with Crippen molar-refractivity contribution in [3.05, 3.63) is 35.4 Å². The minimum absolute atomic E-state index is 0.254. The van der Waals surface area contributed by atoms with Gasteiger partial charge in [0.25, 0.3) is 0 Å². The van der Waals surface area contributed by atoms with E-state index in [4.69, 9.17) is 9.47 Å². The number of carbonyl (C=O) groups is 2. The summed E-state index contributed by atoms with van der Waals surface area (Å²) in [6.07, 6.45) is 3.75. The predicted molar refractivity (Wildman–Crippen MR) is 123 cm³/mol. The Bertz CT molecular complexity index is 620. The summed E-state index contributed by atoms with van der Waals surface area (Å²) in [7, 11) is 0. The molecule has 0 radical (unpaired) electrons. The number of carbonyl (C=O) groups excluding carboxylic acids is 2. The molecule has 1 unspecified atom stereocenters. The normalized spacial score (nSPS) is 14.1. The lowest BCUT2D eigenvalue weighted by Gasteiger charge is -2.23. The van der Waals surface area contributed by atoms with Crippen LogP contribution in [-0.4, -0.2) is 25.2 Å². The lowest BCUT2D eigenvalue weighted by atomic mass is 9.84. The molecule has 0 aromatic heterocycles. The third kappa shape index (κ3) is 10.8. The first kappa shape index (κ1) is 26.2. The van der Waals surface area contributed by atoms with Gasteiger partial charge in [-0.15, -0.1) is 0 Å². The molecule has 170 valence electrons. The van der Waals surface area contributed by atoms with Gasteiger partial charge >= 0.3 is 11.9 Å². The number of esters is 2. The molecular weight excluding hydrogens is 376 g/mol. The highest BCUT2D eigenvalue weighted by Crippen LogP contribution is 2.27. The Labute approximate surface area is 183 Å². The van der Waals surface area contributed by atoms with Gasteiger partial charge in [0.05, 0.1) is 24.3 Å². The Balaban J connectivity index is 2.58. The fourth-order valence-corrected chi connectivity index (χ4v) is 4.00. The van der Waals surface area contributed by atoms with Crippen molar-refractivity contribution in [1.82, 2.24) is 0 Å². The molecular formula is C26H42O4. The van der Waals surface area contributed by atoms with Crippen LogP contribution >= 0.6 is 0 Å². The van der Waals surface area contributed by atoms with Gasteiger partial charge in [-0.3, -0.25) is 0 Å². The van der Waals surface area contributed by atoms with Crippen molar-refractivity contribution in [2.45, 2.75) is 81.1 Å². The highest BCUT2D eigenvalue weighted by molar-refractivity contribution is 6.03. The summed E-state index contributed by atoms with van der Waals surface area (Å²) < 4.78 is 10.9. The number of hydrogen-bond donors (Lipinski definition) is 0. The van der Waals surface area contributed by atoms with E-state index in [0.717, 1.165) is 25.7 Å². The summed E-state index contributed by atoms with van der Waals surface area (Å²) in [5, 5.41) is 0. The van der Waals surface area contributed by atoms with E-state index >= 15 is 0 Å². The molecule has 2 atom stereocenters. The SMILES string of the molecule is CC(CCOC(=O)c1ccccc1C(=O)OCC[C@@H](C)CC(C)(C)C)CC(C)(C)C. The molecule has 1 aromatic carbocycles. The molecule has 1 aromatic rings. The number of rotatable bonds is 10. The highest BCUT2D eigenvalue weighted by Gasteiger charge is 2.21. The Morgan fingerprint density at radius 1 is 0.733 bits per heavy atom. The van der Waals surface area contributed by atoms with Crippen molar-refractivity contribution in [2.75, 3.05) is 13.2 Å². The Morgan fingerprint density at radius 3 is 1.37 bits per heavy atom. The van der Waals surface area contributed by atoms with Crippen molar-refractivity contribution in [2.24, 2.45) is 22.7 Å². The number of hydrogen-bond acceptors (Lipinski definition) is 4. The molecule has 1 rings (SSSR count). The molecule has 0 N–H and O–H groups in total. The van der Waals surface area contributed by atoms with Crippen LogP contribution in [0.25, 0.3) is 0 Å². The quantitative estimate of drug-likeness (QED) is 0.387. The largest absolute Gasteiger partial charge is 0.462 e. The van der Waals surface area contributed by atoms with Crippen LogP contribution in [0.3, 0.4) is 0 Å². The maximum atomic E-state index is 12.5. The van der Waals surface area contributed by atoms with E-state index < -0.39 is 11.9 Å². The van der Waals surface area contributed by atoms with Gasteiger partial charge < -0.3 is 9.47 Å². The first-order valence-electron chi connectivity index (χ1n) is 11.2. The van der Waals surface area contributed by atoms with Crippen molar-refractivity contribution in [3.63, 3.8) is 0 Å². The van der Waals surface area contributed by atoms with Crippen LogP contribution in [0.2, 0.25) is 0 Å². The molecule has 4 nitrogen and oxygen atoms in total. The van der Waals surface area contributed by atoms with Gasteiger partial charge in [0.2, 0.25) is 0 Å². The summed E-state index contributed by atoms with van der Waals surface area (Å²) in [5.41, 5.74) is 1.05. The Morgan fingerprint density at radius 2 is 1.07 bits per heavy atom. The van der Waals surface area contributed by atoms with Gasteiger partial charge in [0.1, 0.15) is 0 Å². The topological polar surface area (TPSA) is 52.6 Å². The lowest BCUT2D eigenvalue weighted by molar-refractivity contribution is 0.0430. The van der Waals surface area contributed by atoms with Gasteiger partial charge in [-0.05, 0) is 60.5 Å². The standard InChI is InChI=1S/C26H42O4/c1-19(17-25(3,4)5)13-15-29-23(27)21-11-9-10-12-22(21)24(28)30-16-14-20(2)18-26(6,7)8/h9-12,19-20H,13-18H2,1-8H3/t19-,20?/m1/s1. The van der Waals surface area contributed by atoms with Gasteiger partial charge in [-0.25, -0.2) is 9.59 Å². The first-order valence-corrected chi connectivity index (χ1v) is 11.2. The molecule has 30 heavy (non-hydrogen) atoms. The zero-order chi connectivity index (χ0) is 22.9. The fourth-order valence-electron chi connectivity index (χ4n) is 4.00. The zero-order valence-corrected chi connectivity index (χ0v) is 20.3. The zero-order valence-electron chi connectivity index (χ0n) is 20.3. The lowest BCUT2D eigenvalue weighted by Crippen LogP contribution is -2.18. The molecule has 0 spiro atoms. The first-order chi connectivity index (χ1) is 13.8. The minimum Gasteiger partial charge on any atom is -0.462 e. The maximum absolute atomic E-state index is 12.5. The summed E-state index contributed by atoms with van der Waals surface area (Å²) >= 11 is 0. The van der Waals surface area contributed by atoms with Gasteiger partial charge in [-0.2, -0.15) is 0 Å². The molecule has 0 saturated heterocycles. The summed E-state index contributed by atoms with van der Waals surface area (Å²) in [6.45, 7) is 18.3. The van der Waals surface area contributed by atoms with E-state index in [2.05, 4.69) is 55.4 Å². The molecule has 0 fully saturated rings. The van der Waals surface area contributed by atoms with E-state index in [0.29, 0.717) is 25.0 Å². The summed E-state index contributed by atoms with van der Waals surface area (Å²) in [5.74, 6) is -0.000544. The Kier molecular flexibility index (Phi) is 10.1. The molecule has 0 heterocycles. The van der Waals surface area contributed by atoms with Crippen LogP contribution < -0.4 is 0 Å². The molecule has 0 aliphatic carbocycles. The monoisotopic (exact) mass is 418 g/mol. The van der Waals surface area contributed by atoms with Crippen LogP contribution in [0.4, 0.5) is 0 Å². The van der Waals surface area contributed by atoms with E-state index in [9.17, 15) is 9.59 Å². The highest BCUT2D eigenvalue weighted by atomic mass is 16.5. The van der Waals surface area contributed by atoms with Gasteiger partial charge in [0.15, 0.2) is 0 Å². The number of benzene rings is 1. The third-order valence-corrected chi connectivity index (χ3v) is 4.98. The average molecular weight is 419 g/mol. The van der Waals surface area contributed by atoms with Crippen molar-refractivity contribution < 1.29 is 19.1 Å². The number of ether oxygens (including phenoxy) is 2. The average Bonchev–Trinajstić information content (AvgIpc) is 2.58. The van der Waals surface area contributed by atoms with Crippen LogP contribution in [0.5, 0.6) is 0 Å². The summed E-state index contributed by atoms with van der Waals surface area (Å²) in [4.78, 5) is 25.1. The van der Waals surface area contributed by atoms with E-state index in [-0.39, 0.29) is 22.0 Å². The predicted octanol–water partition coefficient (Wildman–Crippen LogP) is 6.93. The fraction of sp³-hybridized carbons (Fsp3) is 0.692.